The smallest absolute Gasteiger partial charge is 0.264 e. The van der Waals surface area contributed by atoms with Crippen LogP contribution in [0.5, 0.6) is 0 Å². The minimum atomic E-state index is -3.16. The topological polar surface area (TPSA) is 57.7 Å². The molecule has 1 aliphatic rings. The van der Waals surface area contributed by atoms with Crippen LogP contribution in [0.15, 0.2) is 11.4 Å². The van der Waals surface area contributed by atoms with Crippen molar-refractivity contribution in [1.82, 2.24) is 9.21 Å². The molecular weight excluding hydrogens is 308 g/mol. The van der Waals surface area contributed by atoms with Crippen LogP contribution in [-0.2, 0) is 16.4 Å². The predicted molar refractivity (Wildman–Crippen MR) is 85.2 cm³/mol. The molecule has 1 saturated heterocycles. The van der Waals surface area contributed by atoms with Gasteiger partial charge in [-0.3, -0.25) is 4.79 Å². The van der Waals surface area contributed by atoms with Crippen LogP contribution in [0.25, 0.3) is 0 Å². The second-order valence-electron chi connectivity index (χ2n) is 5.43. The Morgan fingerprint density at radius 2 is 2.05 bits per heavy atom. The molecule has 1 aromatic heterocycles. The molecule has 1 aliphatic heterocycles. The number of nitrogens with zero attached hydrogens (tertiary/aromatic N) is 2. The summed E-state index contributed by atoms with van der Waals surface area (Å²) >= 11 is 1.49. The maximum absolute atomic E-state index is 12.5. The van der Waals surface area contributed by atoms with Gasteiger partial charge in [0.05, 0.1) is 11.1 Å². The molecule has 0 saturated carbocycles. The summed E-state index contributed by atoms with van der Waals surface area (Å²) in [7, 11) is -1.55. The molecule has 0 aromatic carbocycles. The number of carbonyl (C=O) groups is 1. The van der Waals surface area contributed by atoms with Crippen molar-refractivity contribution in [2.75, 3.05) is 26.4 Å². The van der Waals surface area contributed by atoms with Gasteiger partial charge < -0.3 is 4.90 Å². The van der Waals surface area contributed by atoms with Gasteiger partial charge in [-0.25, -0.2) is 12.7 Å². The second-order valence-corrected chi connectivity index (χ2v) is 8.39. The monoisotopic (exact) mass is 330 g/mol. The third-order valence-corrected chi connectivity index (χ3v) is 6.40. The van der Waals surface area contributed by atoms with Crippen molar-refractivity contribution in [3.63, 3.8) is 0 Å². The fourth-order valence-corrected chi connectivity index (χ4v) is 4.36. The number of carbonyl (C=O) groups excluding carboxylic acids is 1. The first-order valence-electron chi connectivity index (χ1n) is 7.13. The van der Waals surface area contributed by atoms with E-state index in [2.05, 4.69) is 0 Å². The van der Waals surface area contributed by atoms with Crippen LogP contribution in [0.4, 0.5) is 0 Å². The molecule has 0 N–H and O–H groups in total. The lowest BCUT2D eigenvalue weighted by molar-refractivity contribution is 0.0690. The summed E-state index contributed by atoms with van der Waals surface area (Å²) < 4.78 is 24.6. The number of sulfonamides is 1. The number of piperidine rings is 1. The van der Waals surface area contributed by atoms with Crippen molar-refractivity contribution >= 4 is 27.3 Å². The summed E-state index contributed by atoms with van der Waals surface area (Å²) in [5.41, 5.74) is 1.10. The molecule has 1 aromatic rings. The molecule has 7 heteroatoms. The Balaban J connectivity index is 2.00. The fraction of sp³-hybridized carbons (Fsp3) is 0.643. The highest BCUT2D eigenvalue weighted by atomic mass is 32.2. The molecular formula is C14H22N2O3S2. The molecule has 1 fully saturated rings. The van der Waals surface area contributed by atoms with Crippen molar-refractivity contribution in [3.8, 4) is 0 Å². The molecule has 0 spiro atoms. The lowest BCUT2D eigenvalue weighted by atomic mass is 10.0. The van der Waals surface area contributed by atoms with E-state index >= 15 is 0 Å². The molecule has 2 rings (SSSR count). The van der Waals surface area contributed by atoms with Gasteiger partial charge in [0.15, 0.2) is 0 Å². The van der Waals surface area contributed by atoms with E-state index in [0.29, 0.717) is 25.9 Å². The van der Waals surface area contributed by atoms with E-state index in [1.54, 1.807) is 7.05 Å². The first kappa shape index (κ1) is 16.5. The summed E-state index contributed by atoms with van der Waals surface area (Å²) in [5.74, 6) is 0.0855. The van der Waals surface area contributed by atoms with Crippen LogP contribution in [0.3, 0.4) is 0 Å². The zero-order chi connectivity index (χ0) is 15.6. The molecule has 2 heterocycles. The number of amides is 1. The van der Waals surface area contributed by atoms with Gasteiger partial charge in [0.1, 0.15) is 0 Å². The number of hydrogen-bond donors (Lipinski definition) is 0. The minimum absolute atomic E-state index is 0.00182. The molecule has 118 valence electrons. The van der Waals surface area contributed by atoms with E-state index < -0.39 is 10.0 Å². The third kappa shape index (κ3) is 3.64. The van der Waals surface area contributed by atoms with E-state index in [0.717, 1.165) is 16.9 Å². The Morgan fingerprint density at radius 3 is 2.57 bits per heavy atom. The second kappa shape index (κ2) is 6.46. The normalized spacial score (nSPS) is 17.4. The first-order valence-corrected chi connectivity index (χ1v) is 9.86. The Morgan fingerprint density at radius 1 is 1.43 bits per heavy atom. The lowest BCUT2D eigenvalue weighted by Gasteiger charge is -2.35. The third-order valence-electron chi connectivity index (χ3n) is 4.11. The number of rotatable bonds is 4. The number of likely N-dealkylation sites (tertiary alicyclic amines) is 1. The number of hydrogen-bond acceptors (Lipinski definition) is 4. The summed E-state index contributed by atoms with van der Waals surface area (Å²) in [6.07, 6.45) is 3.48. The van der Waals surface area contributed by atoms with Gasteiger partial charge in [-0.2, -0.15) is 0 Å². The van der Waals surface area contributed by atoms with Gasteiger partial charge >= 0.3 is 0 Å². The van der Waals surface area contributed by atoms with E-state index in [4.69, 9.17) is 0 Å². The Hall–Kier alpha value is -0.920. The maximum Gasteiger partial charge on any atom is 0.264 e. The predicted octanol–water partition coefficient (Wildman–Crippen LogP) is 1.81. The van der Waals surface area contributed by atoms with Crippen molar-refractivity contribution in [2.24, 2.45) is 0 Å². The minimum Gasteiger partial charge on any atom is -0.338 e. The van der Waals surface area contributed by atoms with Crippen LogP contribution in [-0.4, -0.2) is 56.0 Å². The maximum atomic E-state index is 12.5. The molecule has 21 heavy (non-hydrogen) atoms. The van der Waals surface area contributed by atoms with Gasteiger partial charge in [0.25, 0.3) is 5.91 Å². The van der Waals surface area contributed by atoms with Gasteiger partial charge in [0, 0.05) is 26.2 Å². The van der Waals surface area contributed by atoms with E-state index in [-0.39, 0.29) is 11.9 Å². The van der Waals surface area contributed by atoms with Gasteiger partial charge in [-0.05, 0) is 36.3 Å². The van der Waals surface area contributed by atoms with Crippen molar-refractivity contribution < 1.29 is 13.2 Å². The first-order chi connectivity index (χ1) is 9.84. The Labute approximate surface area is 130 Å². The SMILES string of the molecule is CCc1ccsc1C(=O)N1CCC(N(C)S(C)(=O)=O)CC1. The van der Waals surface area contributed by atoms with Crippen molar-refractivity contribution in [2.45, 2.75) is 32.2 Å². The Kier molecular flexibility index (Phi) is 5.06. The summed E-state index contributed by atoms with van der Waals surface area (Å²) in [5, 5.41) is 1.95. The zero-order valence-corrected chi connectivity index (χ0v) is 14.3. The summed E-state index contributed by atoms with van der Waals surface area (Å²) in [6.45, 7) is 3.28. The van der Waals surface area contributed by atoms with Gasteiger partial charge in [-0.1, -0.05) is 6.92 Å². The number of aryl methyl sites for hydroxylation is 1. The van der Waals surface area contributed by atoms with E-state index in [9.17, 15) is 13.2 Å². The Bertz CT molecular complexity index is 601. The molecule has 0 bridgehead atoms. The van der Waals surface area contributed by atoms with E-state index in [1.807, 2.05) is 23.3 Å². The van der Waals surface area contributed by atoms with Crippen LogP contribution in [0, 0.1) is 0 Å². The lowest BCUT2D eigenvalue weighted by Crippen LogP contribution is -2.47. The number of thiophene rings is 1. The molecule has 0 radical (unpaired) electrons. The zero-order valence-electron chi connectivity index (χ0n) is 12.7. The molecule has 0 unspecified atom stereocenters. The highest BCUT2D eigenvalue weighted by Crippen LogP contribution is 2.23. The quantitative estimate of drug-likeness (QED) is 0.846. The summed E-state index contributed by atoms with van der Waals surface area (Å²) in [6, 6.07) is 2.00. The molecule has 0 atom stereocenters. The molecule has 1 amide bonds. The summed E-state index contributed by atoms with van der Waals surface area (Å²) in [4.78, 5) is 15.2. The van der Waals surface area contributed by atoms with Crippen LogP contribution < -0.4 is 0 Å². The highest BCUT2D eigenvalue weighted by molar-refractivity contribution is 7.88. The van der Waals surface area contributed by atoms with Crippen LogP contribution in [0.1, 0.15) is 35.0 Å². The van der Waals surface area contributed by atoms with Gasteiger partial charge in [-0.15, -0.1) is 11.3 Å². The molecule has 0 aliphatic carbocycles. The van der Waals surface area contributed by atoms with E-state index in [1.165, 1.54) is 21.9 Å². The average molecular weight is 330 g/mol. The van der Waals surface area contributed by atoms with Crippen molar-refractivity contribution in [1.29, 1.82) is 0 Å². The fourth-order valence-electron chi connectivity index (χ4n) is 2.65. The largest absolute Gasteiger partial charge is 0.338 e. The average Bonchev–Trinajstić information content (AvgIpc) is 2.93. The highest BCUT2D eigenvalue weighted by Gasteiger charge is 2.30. The van der Waals surface area contributed by atoms with Gasteiger partial charge in [0.2, 0.25) is 10.0 Å². The van der Waals surface area contributed by atoms with Crippen LogP contribution >= 0.6 is 11.3 Å². The molecule has 5 nitrogen and oxygen atoms in total. The van der Waals surface area contributed by atoms with Crippen LogP contribution in [0.2, 0.25) is 0 Å². The van der Waals surface area contributed by atoms with Crippen molar-refractivity contribution in [3.05, 3.63) is 21.9 Å². The standard InChI is InChI=1S/C14H22N2O3S2/c1-4-11-7-10-20-13(11)14(17)16-8-5-12(6-9-16)15(2)21(3,18)19/h7,10,12H,4-6,8-9H2,1-3H3.